The molecule has 1 aromatic heterocycles. The summed E-state index contributed by atoms with van der Waals surface area (Å²) in [6, 6.07) is 0. The lowest BCUT2D eigenvalue weighted by Gasteiger charge is -2.25. The van der Waals surface area contributed by atoms with Crippen molar-refractivity contribution >= 4 is 47.5 Å². The second-order valence-corrected chi connectivity index (χ2v) is 7.76. The Morgan fingerprint density at radius 2 is 2.00 bits per heavy atom. The van der Waals surface area contributed by atoms with Crippen molar-refractivity contribution in [2.24, 2.45) is 5.41 Å². The van der Waals surface area contributed by atoms with Gasteiger partial charge in [-0.05, 0) is 30.3 Å². The average Bonchev–Trinajstić information content (AvgIpc) is 2.96. The summed E-state index contributed by atoms with van der Waals surface area (Å²) >= 11 is 9.75. The first-order chi connectivity index (χ1) is 7.78. The van der Waals surface area contributed by atoms with Crippen LogP contribution < -0.4 is 0 Å². The van der Waals surface area contributed by atoms with Crippen LogP contribution in [0.1, 0.15) is 25.7 Å². The molecule has 0 bridgehead atoms. The zero-order valence-electron chi connectivity index (χ0n) is 9.31. The average molecular weight is 293 g/mol. The predicted octanol–water partition coefficient (Wildman–Crippen LogP) is 3.84. The van der Waals surface area contributed by atoms with E-state index >= 15 is 0 Å². The number of thiol groups is 1. The fourth-order valence-electron chi connectivity index (χ4n) is 2.03. The largest absolute Gasteiger partial charge is 0.179 e. The molecule has 16 heavy (non-hydrogen) atoms. The van der Waals surface area contributed by atoms with E-state index in [1.54, 1.807) is 23.1 Å². The third kappa shape index (κ3) is 3.09. The zero-order valence-corrected chi connectivity index (χ0v) is 12.7. The van der Waals surface area contributed by atoms with E-state index < -0.39 is 0 Å². The summed E-state index contributed by atoms with van der Waals surface area (Å²) in [7, 11) is 0. The van der Waals surface area contributed by atoms with Crippen molar-refractivity contribution in [3.8, 4) is 0 Å². The lowest BCUT2D eigenvalue weighted by Crippen LogP contribution is -2.21. The molecule has 0 spiro atoms. The molecule has 0 amide bonds. The minimum Gasteiger partial charge on any atom is -0.179 e. The molecule has 1 fully saturated rings. The summed E-state index contributed by atoms with van der Waals surface area (Å²) in [5, 5.41) is 8.32. The number of nitrogens with zero attached hydrogens (tertiary/aromatic N) is 2. The monoisotopic (exact) mass is 292 g/mol. The highest BCUT2D eigenvalue weighted by Gasteiger charge is 2.32. The van der Waals surface area contributed by atoms with E-state index in [1.807, 2.05) is 18.0 Å². The van der Waals surface area contributed by atoms with E-state index in [-0.39, 0.29) is 0 Å². The van der Waals surface area contributed by atoms with Crippen molar-refractivity contribution < 1.29 is 0 Å². The lowest BCUT2D eigenvalue weighted by molar-refractivity contribution is 0.403. The van der Waals surface area contributed by atoms with Gasteiger partial charge in [-0.25, -0.2) is 0 Å². The molecule has 1 heterocycles. The first-order valence-electron chi connectivity index (χ1n) is 5.39. The molecule has 1 saturated carbocycles. The fourth-order valence-corrected chi connectivity index (χ4v) is 5.34. The Labute approximate surface area is 115 Å². The van der Waals surface area contributed by atoms with Gasteiger partial charge in [-0.3, -0.25) is 0 Å². The van der Waals surface area contributed by atoms with Crippen molar-refractivity contribution in [3.63, 3.8) is 0 Å². The van der Waals surface area contributed by atoms with E-state index in [0.717, 1.165) is 20.2 Å². The number of aromatic nitrogens is 2. The van der Waals surface area contributed by atoms with Crippen LogP contribution in [-0.4, -0.2) is 28.0 Å². The molecule has 0 atom stereocenters. The van der Waals surface area contributed by atoms with E-state index in [2.05, 4.69) is 22.8 Å². The molecule has 0 aromatic carbocycles. The highest BCUT2D eigenvalue weighted by Crippen LogP contribution is 2.43. The molecule has 0 unspecified atom stereocenters. The number of rotatable bonds is 5. The van der Waals surface area contributed by atoms with Crippen LogP contribution in [-0.2, 0) is 0 Å². The highest BCUT2D eigenvalue weighted by atomic mass is 32.2. The molecule has 0 radical (unpaired) electrons. The van der Waals surface area contributed by atoms with Gasteiger partial charge in [0.05, 0.1) is 0 Å². The normalized spacial score (nSPS) is 19.1. The topological polar surface area (TPSA) is 25.8 Å². The second-order valence-electron chi connectivity index (χ2n) is 4.19. The van der Waals surface area contributed by atoms with Crippen LogP contribution in [0.3, 0.4) is 0 Å². The Hall–Kier alpha value is 0.610. The quantitative estimate of drug-likeness (QED) is 0.658. The summed E-state index contributed by atoms with van der Waals surface area (Å²) in [5.74, 6) is 2.16. The predicted molar refractivity (Wildman–Crippen MR) is 77.2 cm³/mol. The molecule has 0 aliphatic heterocycles. The highest BCUT2D eigenvalue weighted by molar-refractivity contribution is 8.03. The number of hydrogen-bond acceptors (Lipinski definition) is 6. The minimum absolute atomic E-state index is 0.457. The first-order valence-corrected chi connectivity index (χ1v) is 9.05. The van der Waals surface area contributed by atoms with Gasteiger partial charge in [-0.2, -0.15) is 12.6 Å². The van der Waals surface area contributed by atoms with Crippen LogP contribution >= 0.6 is 47.5 Å². The molecule has 0 saturated heterocycles. The minimum atomic E-state index is 0.457. The maximum atomic E-state index is 4.52. The van der Waals surface area contributed by atoms with Crippen molar-refractivity contribution in [2.75, 3.05) is 17.8 Å². The summed E-state index contributed by atoms with van der Waals surface area (Å²) < 4.78 is 2.17. The van der Waals surface area contributed by atoms with E-state index in [0.29, 0.717) is 5.41 Å². The fraction of sp³-hybridized carbons (Fsp3) is 0.800. The smallest absolute Gasteiger partial charge is 0.175 e. The van der Waals surface area contributed by atoms with Crippen LogP contribution in [0.15, 0.2) is 8.68 Å². The molecule has 0 N–H and O–H groups in total. The molecule has 1 aromatic rings. The Morgan fingerprint density at radius 1 is 1.31 bits per heavy atom. The van der Waals surface area contributed by atoms with Gasteiger partial charge in [0.2, 0.25) is 0 Å². The SMILES string of the molecule is CSc1nnc(SCC2(CS)CCCC2)s1. The molecule has 90 valence electrons. The van der Waals surface area contributed by atoms with Gasteiger partial charge in [-0.1, -0.05) is 47.7 Å². The Kier molecular flexibility index (Phi) is 4.88. The maximum Gasteiger partial charge on any atom is 0.175 e. The van der Waals surface area contributed by atoms with Gasteiger partial charge in [0.1, 0.15) is 0 Å². The van der Waals surface area contributed by atoms with Gasteiger partial charge in [0.15, 0.2) is 8.68 Å². The van der Waals surface area contributed by atoms with Crippen LogP contribution in [0, 0.1) is 5.41 Å². The molecular weight excluding hydrogens is 276 g/mol. The van der Waals surface area contributed by atoms with Crippen molar-refractivity contribution in [2.45, 2.75) is 34.4 Å². The lowest BCUT2D eigenvalue weighted by atomic mass is 9.91. The molecule has 2 nitrogen and oxygen atoms in total. The molecule has 1 aliphatic carbocycles. The molecular formula is C10H16N2S4. The number of thioether (sulfide) groups is 2. The zero-order chi connectivity index (χ0) is 11.4. The maximum absolute atomic E-state index is 4.52. The van der Waals surface area contributed by atoms with Gasteiger partial charge in [0, 0.05) is 5.75 Å². The molecule has 6 heteroatoms. The van der Waals surface area contributed by atoms with Crippen LogP contribution in [0.25, 0.3) is 0 Å². The van der Waals surface area contributed by atoms with Crippen LogP contribution in [0.5, 0.6) is 0 Å². The van der Waals surface area contributed by atoms with Gasteiger partial charge in [-0.15, -0.1) is 10.2 Å². The van der Waals surface area contributed by atoms with E-state index in [9.17, 15) is 0 Å². The third-order valence-corrected chi connectivity index (χ3v) is 7.12. The summed E-state index contributed by atoms with van der Waals surface area (Å²) in [5.41, 5.74) is 0.457. The summed E-state index contributed by atoms with van der Waals surface area (Å²) in [6.07, 6.45) is 7.44. The Balaban J connectivity index is 1.90. The Morgan fingerprint density at radius 3 is 2.56 bits per heavy atom. The van der Waals surface area contributed by atoms with E-state index in [4.69, 9.17) is 0 Å². The van der Waals surface area contributed by atoms with Crippen molar-refractivity contribution in [1.82, 2.24) is 10.2 Å². The molecule has 2 rings (SSSR count). The first kappa shape index (κ1) is 13.1. The van der Waals surface area contributed by atoms with Crippen molar-refractivity contribution in [3.05, 3.63) is 0 Å². The van der Waals surface area contributed by atoms with Crippen LogP contribution in [0.4, 0.5) is 0 Å². The molecule has 1 aliphatic rings. The van der Waals surface area contributed by atoms with Gasteiger partial charge >= 0.3 is 0 Å². The van der Waals surface area contributed by atoms with E-state index in [1.165, 1.54) is 25.7 Å². The Bertz CT molecular complexity index is 333. The second kappa shape index (κ2) is 5.98. The summed E-state index contributed by atoms with van der Waals surface area (Å²) in [4.78, 5) is 0. The standard InChI is InChI=1S/C10H16N2S4/c1-14-8-11-12-9(16-8)15-7-10(6-13)4-2-3-5-10/h13H,2-7H2,1H3. The van der Waals surface area contributed by atoms with Gasteiger partial charge < -0.3 is 0 Å². The summed E-state index contributed by atoms with van der Waals surface area (Å²) in [6.45, 7) is 0. The number of hydrogen-bond donors (Lipinski definition) is 1. The third-order valence-electron chi connectivity index (χ3n) is 3.06. The van der Waals surface area contributed by atoms with Gasteiger partial charge in [0.25, 0.3) is 0 Å². The van der Waals surface area contributed by atoms with Crippen LogP contribution in [0.2, 0.25) is 0 Å². The van der Waals surface area contributed by atoms with Crippen molar-refractivity contribution in [1.29, 1.82) is 0 Å².